The van der Waals surface area contributed by atoms with Crippen LogP contribution in [0.1, 0.15) is 16.7 Å². The Kier molecular flexibility index (Phi) is 7.30. The maximum absolute atomic E-state index is 13.1. The summed E-state index contributed by atoms with van der Waals surface area (Å²) in [7, 11) is 0. The van der Waals surface area contributed by atoms with Crippen LogP contribution in [0.3, 0.4) is 0 Å². The molecule has 156 valence electrons. The quantitative estimate of drug-likeness (QED) is 0.338. The van der Waals surface area contributed by atoms with Crippen LogP contribution in [0.2, 0.25) is 10.0 Å². The topological polar surface area (TPSA) is 62.1 Å². The Morgan fingerprint density at radius 3 is 2.48 bits per heavy atom. The van der Waals surface area contributed by atoms with Crippen molar-refractivity contribution in [3.63, 3.8) is 0 Å². The van der Waals surface area contributed by atoms with E-state index < -0.39 is 5.91 Å². The standard InChI is InChI=1S/C24H17Cl2FN2O2/c1-15-2-5-20(26)12-22(15)29-24(30)18(13-28)10-17-11-19(25)6-9-23(17)31-14-16-3-7-21(27)8-4-16/h2-12H,14H2,1H3,(H,29,30)/b18-10+. The second-order valence-corrected chi connectivity index (χ2v) is 7.55. The number of rotatable bonds is 6. The molecule has 3 aromatic rings. The molecule has 0 spiro atoms. The third-order valence-electron chi connectivity index (χ3n) is 4.39. The maximum Gasteiger partial charge on any atom is 0.266 e. The molecule has 0 atom stereocenters. The van der Waals surface area contributed by atoms with Gasteiger partial charge in [-0.2, -0.15) is 5.26 Å². The first-order valence-corrected chi connectivity index (χ1v) is 9.97. The van der Waals surface area contributed by atoms with Crippen LogP contribution >= 0.6 is 23.2 Å². The van der Waals surface area contributed by atoms with Gasteiger partial charge in [0.25, 0.3) is 5.91 Å². The van der Waals surface area contributed by atoms with Crippen LogP contribution < -0.4 is 10.1 Å². The van der Waals surface area contributed by atoms with Gasteiger partial charge in [0, 0.05) is 21.3 Å². The maximum atomic E-state index is 13.1. The lowest BCUT2D eigenvalue weighted by atomic mass is 10.1. The molecule has 4 nitrogen and oxygen atoms in total. The van der Waals surface area contributed by atoms with Gasteiger partial charge in [0.2, 0.25) is 0 Å². The zero-order valence-electron chi connectivity index (χ0n) is 16.5. The summed E-state index contributed by atoms with van der Waals surface area (Å²) in [6.07, 6.45) is 1.40. The van der Waals surface area contributed by atoms with Crippen molar-refractivity contribution in [1.29, 1.82) is 5.26 Å². The van der Waals surface area contributed by atoms with Gasteiger partial charge in [0.05, 0.1) is 0 Å². The summed E-state index contributed by atoms with van der Waals surface area (Å²) in [6, 6.07) is 17.8. The Morgan fingerprint density at radius 2 is 1.77 bits per heavy atom. The number of hydrogen-bond acceptors (Lipinski definition) is 3. The number of hydrogen-bond donors (Lipinski definition) is 1. The summed E-state index contributed by atoms with van der Waals surface area (Å²) in [5.74, 6) is -0.496. The molecule has 0 saturated heterocycles. The summed E-state index contributed by atoms with van der Waals surface area (Å²) in [5, 5.41) is 13.1. The van der Waals surface area contributed by atoms with Gasteiger partial charge in [0.1, 0.15) is 29.8 Å². The smallest absolute Gasteiger partial charge is 0.266 e. The van der Waals surface area contributed by atoms with E-state index in [4.69, 9.17) is 27.9 Å². The highest BCUT2D eigenvalue weighted by atomic mass is 35.5. The average molecular weight is 455 g/mol. The van der Waals surface area contributed by atoms with E-state index in [2.05, 4.69) is 5.32 Å². The van der Waals surface area contributed by atoms with Crippen molar-refractivity contribution in [2.45, 2.75) is 13.5 Å². The molecule has 1 N–H and O–H groups in total. The third-order valence-corrected chi connectivity index (χ3v) is 4.86. The number of ether oxygens (including phenoxy) is 1. The first-order chi connectivity index (χ1) is 14.9. The fourth-order valence-electron chi connectivity index (χ4n) is 2.73. The molecule has 0 aliphatic rings. The lowest BCUT2D eigenvalue weighted by molar-refractivity contribution is -0.112. The highest BCUT2D eigenvalue weighted by Crippen LogP contribution is 2.27. The predicted molar refractivity (Wildman–Crippen MR) is 121 cm³/mol. The molecule has 0 heterocycles. The third kappa shape index (κ3) is 6.08. The van der Waals surface area contributed by atoms with Crippen LogP contribution in [0, 0.1) is 24.1 Å². The number of carbonyl (C=O) groups is 1. The summed E-state index contributed by atoms with van der Waals surface area (Å²) >= 11 is 12.1. The molecule has 0 aliphatic carbocycles. The molecule has 0 unspecified atom stereocenters. The number of carbonyl (C=O) groups excluding carboxylic acids is 1. The molecule has 0 aromatic heterocycles. The van der Waals surface area contributed by atoms with Gasteiger partial charge < -0.3 is 10.1 Å². The van der Waals surface area contributed by atoms with Crippen molar-refractivity contribution < 1.29 is 13.9 Å². The molecule has 1 amide bonds. The summed E-state index contributed by atoms with van der Waals surface area (Å²) in [4.78, 5) is 12.7. The van der Waals surface area contributed by atoms with Crippen LogP contribution in [0.5, 0.6) is 5.75 Å². The van der Waals surface area contributed by atoms with Gasteiger partial charge in [-0.3, -0.25) is 4.79 Å². The van der Waals surface area contributed by atoms with Crippen molar-refractivity contribution in [2.75, 3.05) is 5.32 Å². The Balaban J connectivity index is 1.84. The minimum Gasteiger partial charge on any atom is -0.488 e. The van der Waals surface area contributed by atoms with E-state index in [-0.39, 0.29) is 18.0 Å². The second kappa shape index (κ2) is 10.1. The highest BCUT2D eigenvalue weighted by Gasteiger charge is 2.13. The fraction of sp³-hybridized carbons (Fsp3) is 0.0833. The lowest BCUT2D eigenvalue weighted by Gasteiger charge is -2.11. The van der Waals surface area contributed by atoms with Gasteiger partial charge in [-0.15, -0.1) is 0 Å². The zero-order valence-corrected chi connectivity index (χ0v) is 18.0. The average Bonchev–Trinajstić information content (AvgIpc) is 2.75. The monoisotopic (exact) mass is 454 g/mol. The van der Waals surface area contributed by atoms with Crippen LogP contribution in [-0.2, 0) is 11.4 Å². The number of aryl methyl sites for hydroxylation is 1. The molecular weight excluding hydrogens is 438 g/mol. The van der Waals surface area contributed by atoms with E-state index in [0.717, 1.165) is 11.1 Å². The largest absolute Gasteiger partial charge is 0.488 e. The van der Waals surface area contributed by atoms with Gasteiger partial charge >= 0.3 is 0 Å². The highest BCUT2D eigenvalue weighted by molar-refractivity contribution is 6.31. The summed E-state index contributed by atoms with van der Waals surface area (Å²) in [6.45, 7) is 2.00. The Labute approximate surface area is 189 Å². The first-order valence-electron chi connectivity index (χ1n) is 9.22. The fourth-order valence-corrected chi connectivity index (χ4v) is 3.08. The molecule has 3 rings (SSSR count). The van der Waals surface area contributed by atoms with E-state index in [1.807, 2.05) is 13.0 Å². The van der Waals surface area contributed by atoms with Gasteiger partial charge in [0.15, 0.2) is 0 Å². The van der Waals surface area contributed by atoms with Crippen molar-refractivity contribution >= 4 is 40.9 Å². The molecule has 7 heteroatoms. The second-order valence-electron chi connectivity index (χ2n) is 6.68. The van der Waals surface area contributed by atoms with E-state index in [1.165, 1.54) is 18.2 Å². The number of benzene rings is 3. The van der Waals surface area contributed by atoms with E-state index in [9.17, 15) is 14.4 Å². The predicted octanol–water partition coefficient (Wildman–Crippen LogP) is 6.57. The molecular formula is C24H17Cl2FN2O2. The van der Waals surface area contributed by atoms with E-state index in [1.54, 1.807) is 48.5 Å². The molecule has 0 saturated carbocycles. The van der Waals surface area contributed by atoms with Crippen LogP contribution in [0.4, 0.5) is 10.1 Å². The zero-order chi connectivity index (χ0) is 22.4. The molecule has 0 aliphatic heterocycles. The SMILES string of the molecule is Cc1ccc(Cl)cc1NC(=O)/C(C#N)=C/c1cc(Cl)ccc1OCc1ccc(F)cc1. The molecule has 0 bridgehead atoms. The van der Waals surface area contributed by atoms with Crippen molar-refractivity contribution in [3.8, 4) is 11.8 Å². The first kappa shape index (κ1) is 22.4. The minimum atomic E-state index is -0.586. The molecule has 31 heavy (non-hydrogen) atoms. The lowest BCUT2D eigenvalue weighted by Crippen LogP contribution is -2.14. The van der Waals surface area contributed by atoms with Crippen molar-refractivity contribution in [1.82, 2.24) is 0 Å². The van der Waals surface area contributed by atoms with Gasteiger partial charge in [-0.05, 0) is 66.6 Å². The number of anilines is 1. The number of amides is 1. The van der Waals surface area contributed by atoms with E-state index >= 15 is 0 Å². The summed E-state index contributed by atoms with van der Waals surface area (Å²) < 4.78 is 18.9. The molecule has 0 radical (unpaired) electrons. The van der Waals surface area contributed by atoms with E-state index in [0.29, 0.717) is 27.0 Å². The molecule has 0 fully saturated rings. The minimum absolute atomic E-state index is 0.131. The molecule has 3 aromatic carbocycles. The Morgan fingerprint density at radius 1 is 1.10 bits per heavy atom. The van der Waals surface area contributed by atoms with Crippen molar-refractivity contribution in [2.24, 2.45) is 0 Å². The van der Waals surface area contributed by atoms with Gasteiger partial charge in [-0.25, -0.2) is 4.39 Å². The Hall–Kier alpha value is -3.33. The number of nitrogens with zero attached hydrogens (tertiary/aromatic N) is 1. The summed E-state index contributed by atoms with van der Waals surface area (Å²) in [5.41, 5.74) is 2.41. The number of nitrogens with one attached hydrogen (secondary N) is 1. The number of nitriles is 1. The normalized spacial score (nSPS) is 11.0. The van der Waals surface area contributed by atoms with Crippen LogP contribution in [0.15, 0.2) is 66.2 Å². The van der Waals surface area contributed by atoms with Crippen molar-refractivity contribution in [3.05, 3.63) is 98.8 Å². The van der Waals surface area contributed by atoms with Gasteiger partial charge in [-0.1, -0.05) is 41.4 Å². The Bertz CT molecular complexity index is 1190. The van der Waals surface area contributed by atoms with Crippen LogP contribution in [0.25, 0.3) is 6.08 Å². The van der Waals surface area contributed by atoms with Crippen LogP contribution in [-0.4, -0.2) is 5.91 Å². The number of halogens is 3.